The van der Waals surface area contributed by atoms with E-state index in [4.69, 9.17) is 4.74 Å². The molecule has 0 saturated heterocycles. The predicted molar refractivity (Wildman–Crippen MR) is 83.8 cm³/mol. The van der Waals surface area contributed by atoms with Gasteiger partial charge in [-0.05, 0) is 37.1 Å². The zero-order valence-corrected chi connectivity index (χ0v) is 12.4. The Balaban J connectivity index is 2.05. The van der Waals surface area contributed by atoms with Gasteiger partial charge in [-0.1, -0.05) is 42.5 Å². The van der Waals surface area contributed by atoms with Gasteiger partial charge in [0.1, 0.15) is 11.8 Å². The fourth-order valence-corrected chi connectivity index (χ4v) is 2.09. The van der Waals surface area contributed by atoms with Crippen LogP contribution in [-0.2, 0) is 6.54 Å². The van der Waals surface area contributed by atoms with E-state index in [1.54, 1.807) is 0 Å². The maximum atomic E-state index is 9.38. The SMILES string of the molecule is CC(C)Oc1cccc(C(C#N)NCc2ccccc2)c1. The molecule has 0 aliphatic rings. The van der Waals surface area contributed by atoms with E-state index in [0.717, 1.165) is 16.9 Å². The van der Waals surface area contributed by atoms with Crippen LogP contribution in [-0.4, -0.2) is 6.10 Å². The number of hydrogen-bond donors (Lipinski definition) is 1. The van der Waals surface area contributed by atoms with E-state index in [9.17, 15) is 5.26 Å². The number of nitriles is 1. The lowest BCUT2D eigenvalue weighted by molar-refractivity contribution is 0.242. The van der Waals surface area contributed by atoms with E-state index in [0.29, 0.717) is 6.54 Å². The molecule has 0 aromatic heterocycles. The van der Waals surface area contributed by atoms with Gasteiger partial charge in [0, 0.05) is 6.54 Å². The minimum Gasteiger partial charge on any atom is -0.491 e. The van der Waals surface area contributed by atoms with Crippen molar-refractivity contribution in [3.8, 4) is 11.8 Å². The molecule has 0 bridgehead atoms. The van der Waals surface area contributed by atoms with Crippen LogP contribution in [0.2, 0.25) is 0 Å². The molecule has 1 atom stereocenters. The topological polar surface area (TPSA) is 45.0 Å². The van der Waals surface area contributed by atoms with Crippen molar-refractivity contribution in [3.05, 3.63) is 65.7 Å². The van der Waals surface area contributed by atoms with Crippen molar-refractivity contribution in [2.75, 3.05) is 0 Å². The quantitative estimate of drug-likeness (QED) is 0.874. The normalized spacial score (nSPS) is 11.9. The summed E-state index contributed by atoms with van der Waals surface area (Å²) in [6.07, 6.45) is 0.123. The van der Waals surface area contributed by atoms with Crippen LogP contribution in [0, 0.1) is 11.3 Å². The second-order valence-electron chi connectivity index (χ2n) is 5.17. The monoisotopic (exact) mass is 280 g/mol. The third-order valence-electron chi connectivity index (χ3n) is 3.05. The van der Waals surface area contributed by atoms with Crippen molar-refractivity contribution in [3.63, 3.8) is 0 Å². The largest absolute Gasteiger partial charge is 0.491 e. The van der Waals surface area contributed by atoms with Crippen molar-refractivity contribution >= 4 is 0 Å². The molecule has 108 valence electrons. The Bertz CT molecular complexity index is 602. The van der Waals surface area contributed by atoms with Crippen molar-refractivity contribution in [1.29, 1.82) is 5.26 Å². The minimum atomic E-state index is -0.346. The first-order valence-electron chi connectivity index (χ1n) is 7.12. The summed E-state index contributed by atoms with van der Waals surface area (Å²) in [6, 6.07) is 19.7. The summed E-state index contributed by atoms with van der Waals surface area (Å²) < 4.78 is 5.68. The predicted octanol–water partition coefficient (Wildman–Crippen LogP) is 3.83. The van der Waals surface area contributed by atoms with Gasteiger partial charge in [-0.2, -0.15) is 5.26 Å². The third kappa shape index (κ3) is 4.62. The molecule has 2 rings (SSSR count). The lowest BCUT2D eigenvalue weighted by atomic mass is 10.1. The van der Waals surface area contributed by atoms with Crippen LogP contribution in [0.3, 0.4) is 0 Å². The molecule has 0 radical (unpaired) electrons. The molecule has 21 heavy (non-hydrogen) atoms. The third-order valence-corrected chi connectivity index (χ3v) is 3.05. The molecule has 0 aliphatic heterocycles. The van der Waals surface area contributed by atoms with Gasteiger partial charge in [0.15, 0.2) is 0 Å². The van der Waals surface area contributed by atoms with Crippen molar-refractivity contribution in [1.82, 2.24) is 5.32 Å². The molecule has 3 heteroatoms. The maximum absolute atomic E-state index is 9.38. The molecule has 2 aromatic rings. The number of rotatable bonds is 6. The second-order valence-corrected chi connectivity index (χ2v) is 5.17. The molecule has 0 fully saturated rings. The van der Waals surface area contributed by atoms with Crippen LogP contribution in [0.25, 0.3) is 0 Å². The Morgan fingerprint density at radius 3 is 2.52 bits per heavy atom. The lowest BCUT2D eigenvalue weighted by Crippen LogP contribution is -2.19. The van der Waals surface area contributed by atoms with Crippen LogP contribution in [0.5, 0.6) is 5.75 Å². The molecule has 1 N–H and O–H groups in total. The number of ether oxygens (including phenoxy) is 1. The lowest BCUT2D eigenvalue weighted by Gasteiger charge is -2.15. The van der Waals surface area contributed by atoms with Gasteiger partial charge >= 0.3 is 0 Å². The Labute approximate surface area is 126 Å². The zero-order valence-electron chi connectivity index (χ0n) is 12.4. The fourth-order valence-electron chi connectivity index (χ4n) is 2.09. The van der Waals surface area contributed by atoms with Crippen LogP contribution in [0.1, 0.15) is 31.0 Å². The van der Waals surface area contributed by atoms with Crippen molar-refractivity contribution in [2.45, 2.75) is 32.5 Å². The smallest absolute Gasteiger partial charge is 0.121 e. The first kappa shape index (κ1) is 15.1. The molecule has 3 nitrogen and oxygen atoms in total. The highest BCUT2D eigenvalue weighted by molar-refractivity contribution is 5.33. The minimum absolute atomic E-state index is 0.123. The highest BCUT2D eigenvalue weighted by Crippen LogP contribution is 2.20. The van der Waals surface area contributed by atoms with E-state index >= 15 is 0 Å². The molecule has 2 aromatic carbocycles. The first-order valence-corrected chi connectivity index (χ1v) is 7.12. The van der Waals surface area contributed by atoms with Gasteiger partial charge < -0.3 is 4.74 Å². The maximum Gasteiger partial charge on any atom is 0.121 e. The number of hydrogen-bond acceptors (Lipinski definition) is 3. The standard InChI is InChI=1S/C18H20N2O/c1-14(2)21-17-10-6-9-16(11-17)18(12-19)20-13-15-7-4-3-5-8-15/h3-11,14,18,20H,13H2,1-2H3. The summed E-state index contributed by atoms with van der Waals surface area (Å²) in [5.41, 5.74) is 2.08. The number of benzene rings is 2. The summed E-state index contributed by atoms with van der Waals surface area (Å²) in [5, 5.41) is 12.6. The van der Waals surface area contributed by atoms with E-state index in [1.165, 1.54) is 0 Å². The molecule has 0 amide bonds. The van der Waals surface area contributed by atoms with Crippen molar-refractivity contribution < 1.29 is 4.74 Å². The molecule has 1 unspecified atom stereocenters. The van der Waals surface area contributed by atoms with Crippen molar-refractivity contribution in [2.24, 2.45) is 0 Å². The summed E-state index contributed by atoms with van der Waals surface area (Å²) in [7, 11) is 0. The van der Waals surface area contributed by atoms with E-state index in [1.807, 2.05) is 68.4 Å². The van der Waals surface area contributed by atoms with Crippen LogP contribution in [0.4, 0.5) is 0 Å². The summed E-state index contributed by atoms with van der Waals surface area (Å²) in [5.74, 6) is 0.796. The Morgan fingerprint density at radius 1 is 1.10 bits per heavy atom. The summed E-state index contributed by atoms with van der Waals surface area (Å²) >= 11 is 0. The molecule has 0 heterocycles. The molecule has 0 spiro atoms. The Kier molecular flexibility index (Phi) is 5.36. The first-order chi connectivity index (χ1) is 10.2. The Morgan fingerprint density at radius 2 is 1.86 bits per heavy atom. The summed E-state index contributed by atoms with van der Waals surface area (Å²) in [6.45, 7) is 4.64. The van der Waals surface area contributed by atoms with Crippen LogP contribution >= 0.6 is 0 Å². The van der Waals surface area contributed by atoms with Gasteiger partial charge in [0.2, 0.25) is 0 Å². The van der Waals surface area contributed by atoms with Gasteiger partial charge in [-0.3, -0.25) is 5.32 Å². The molecule has 0 aliphatic carbocycles. The van der Waals surface area contributed by atoms with Gasteiger partial charge in [0.05, 0.1) is 12.2 Å². The highest BCUT2D eigenvalue weighted by atomic mass is 16.5. The molecular weight excluding hydrogens is 260 g/mol. The van der Waals surface area contributed by atoms with E-state index in [-0.39, 0.29) is 12.1 Å². The van der Waals surface area contributed by atoms with E-state index in [2.05, 4.69) is 11.4 Å². The fraction of sp³-hybridized carbons (Fsp3) is 0.278. The molecular formula is C18H20N2O. The highest BCUT2D eigenvalue weighted by Gasteiger charge is 2.11. The zero-order chi connectivity index (χ0) is 15.1. The van der Waals surface area contributed by atoms with Crippen LogP contribution < -0.4 is 10.1 Å². The van der Waals surface area contributed by atoms with Gasteiger partial charge in [0.25, 0.3) is 0 Å². The van der Waals surface area contributed by atoms with Crippen LogP contribution in [0.15, 0.2) is 54.6 Å². The van der Waals surface area contributed by atoms with E-state index < -0.39 is 0 Å². The van der Waals surface area contributed by atoms with Gasteiger partial charge in [-0.25, -0.2) is 0 Å². The molecule has 0 saturated carbocycles. The average Bonchev–Trinajstić information content (AvgIpc) is 2.49. The van der Waals surface area contributed by atoms with Gasteiger partial charge in [-0.15, -0.1) is 0 Å². The second kappa shape index (κ2) is 7.47. The number of nitrogens with one attached hydrogen (secondary N) is 1. The summed E-state index contributed by atoms with van der Waals surface area (Å²) in [4.78, 5) is 0. The number of nitrogens with zero attached hydrogens (tertiary/aromatic N) is 1. The Hall–Kier alpha value is -2.31. The average molecular weight is 280 g/mol.